The minimum atomic E-state index is -0.263. The zero-order valence-electron chi connectivity index (χ0n) is 11.6. The molecule has 1 heterocycles. The molecule has 20 heavy (non-hydrogen) atoms. The van der Waals surface area contributed by atoms with Gasteiger partial charge < -0.3 is 10.1 Å². The van der Waals surface area contributed by atoms with Crippen LogP contribution in [0.1, 0.15) is 23.1 Å². The van der Waals surface area contributed by atoms with E-state index in [9.17, 15) is 4.39 Å². The third kappa shape index (κ3) is 2.48. The molecule has 0 spiro atoms. The van der Waals surface area contributed by atoms with Crippen LogP contribution < -0.4 is 10.1 Å². The molecule has 0 saturated carbocycles. The van der Waals surface area contributed by atoms with Gasteiger partial charge >= 0.3 is 0 Å². The van der Waals surface area contributed by atoms with Crippen molar-refractivity contribution in [1.29, 1.82) is 0 Å². The van der Waals surface area contributed by atoms with Crippen LogP contribution in [-0.4, -0.2) is 13.7 Å². The van der Waals surface area contributed by atoms with Crippen LogP contribution in [0.15, 0.2) is 36.4 Å². The summed E-state index contributed by atoms with van der Waals surface area (Å²) in [5.41, 5.74) is 4.33. The average Bonchev–Trinajstić information content (AvgIpc) is 2.49. The van der Waals surface area contributed by atoms with Crippen molar-refractivity contribution in [2.24, 2.45) is 0 Å². The lowest BCUT2D eigenvalue weighted by Crippen LogP contribution is -2.11. The fraction of sp³-hybridized carbons (Fsp3) is 0.294. The van der Waals surface area contributed by atoms with Gasteiger partial charge in [0.1, 0.15) is 0 Å². The fourth-order valence-electron chi connectivity index (χ4n) is 2.69. The van der Waals surface area contributed by atoms with E-state index in [0.717, 1.165) is 18.5 Å². The van der Waals surface area contributed by atoms with Crippen LogP contribution in [0.5, 0.6) is 5.75 Å². The van der Waals surface area contributed by atoms with Gasteiger partial charge in [-0.2, -0.15) is 0 Å². The lowest BCUT2D eigenvalue weighted by molar-refractivity contribution is 0.384. The van der Waals surface area contributed by atoms with Gasteiger partial charge in [-0.05, 0) is 41.7 Å². The number of methoxy groups -OCH3 is 1. The Bertz CT molecular complexity index is 624. The number of rotatable bonds is 3. The van der Waals surface area contributed by atoms with E-state index in [2.05, 4.69) is 23.5 Å². The van der Waals surface area contributed by atoms with Crippen LogP contribution >= 0.6 is 0 Å². The Morgan fingerprint density at radius 3 is 3.00 bits per heavy atom. The summed E-state index contributed by atoms with van der Waals surface area (Å²) >= 11 is 0. The van der Waals surface area contributed by atoms with E-state index in [-0.39, 0.29) is 5.82 Å². The number of nitrogens with one attached hydrogen (secondary N) is 1. The van der Waals surface area contributed by atoms with E-state index < -0.39 is 0 Å². The second-order valence-corrected chi connectivity index (χ2v) is 5.13. The normalized spacial score (nSPS) is 13.5. The van der Waals surface area contributed by atoms with Gasteiger partial charge in [0, 0.05) is 18.7 Å². The molecule has 2 aromatic carbocycles. The number of fused-ring (bicyclic) bond motifs is 1. The summed E-state index contributed by atoms with van der Waals surface area (Å²) in [7, 11) is 1.49. The van der Waals surface area contributed by atoms with Gasteiger partial charge in [-0.1, -0.05) is 24.3 Å². The van der Waals surface area contributed by atoms with Gasteiger partial charge in [-0.25, -0.2) is 4.39 Å². The number of aryl methyl sites for hydroxylation is 1. The summed E-state index contributed by atoms with van der Waals surface area (Å²) < 4.78 is 19.2. The minimum absolute atomic E-state index is 0.263. The summed E-state index contributed by atoms with van der Waals surface area (Å²) in [5, 5.41) is 3.41. The lowest BCUT2D eigenvalue weighted by Gasteiger charge is -2.19. The Hall–Kier alpha value is -2.03. The highest BCUT2D eigenvalue weighted by Crippen LogP contribution is 2.26. The topological polar surface area (TPSA) is 21.3 Å². The summed E-state index contributed by atoms with van der Waals surface area (Å²) in [6.07, 6.45) is 2.88. The highest BCUT2D eigenvalue weighted by molar-refractivity contribution is 5.55. The van der Waals surface area contributed by atoms with Crippen LogP contribution in [0.3, 0.4) is 0 Å². The molecule has 0 radical (unpaired) electrons. The first-order chi connectivity index (χ1) is 9.78. The summed E-state index contributed by atoms with van der Waals surface area (Å²) in [4.78, 5) is 0. The van der Waals surface area contributed by atoms with Crippen molar-refractivity contribution >= 4 is 5.69 Å². The van der Waals surface area contributed by atoms with Crippen molar-refractivity contribution in [3.8, 4) is 5.75 Å². The smallest absolute Gasteiger partial charge is 0.168 e. The second-order valence-electron chi connectivity index (χ2n) is 5.13. The Morgan fingerprint density at radius 1 is 1.25 bits per heavy atom. The molecule has 3 rings (SSSR count). The van der Waals surface area contributed by atoms with E-state index in [4.69, 9.17) is 4.74 Å². The third-order valence-electron chi connectivity index (χ3n) is 3.77. The van der Waals surface area contributed by atoms with E-state index in [1.807, 2.05) is 12.1 Å². The standard InChI is InChI=1S/C17H18FNO/c1-20-16-6-2-4-14(17(16)18)10-12-7-8-13-5-3-9-19-15(13)11-12/h2,4,6-8,11,19H,3,5,9-10H2,1H3. The third-order valence-corrected chi connectivity index (χ3v) is 3.77. The molecular formula is C17H18FNO. The first-order valence-electron chi connectivity index (χ1n) is 6.95. The van der Waals surface area contributed by atoms with E-state index in [1.165, 1.54) is 24.8 Å². The summed E-state index contributed by atoms with van der Waals surface area (Å²) in [6.45, 7) is 1.02. The molecule has 0 fully saturated rings. The predicted molar refractivity (Wildman–Crippen MR) is 79.0 cm³/mol. The van der Waals surface area contributed by atoms with Crippen molar-refractivity contribution in [3.63, 3.8) is 0 Å². The maximum atomic E-state index is 14.2. The molecule has 3 heteroatoms. The van der Waals surface area contributed by atoms with Gasteiger partial charge in [-0.15, -0.1) is 0 Å². The Labute approximate surface area is 118 Å². The van der Waals surface area contributed by atoms with Crippen molar-refractivity contribution in [2.75, 3.05) is 19.0 Å². The quantitative estimate of drug-likeness (QED) is 0.917. The van der Waals surface area contributed by atoms with Gasteiger partial charge in [0.05, 0.1) is 7.11 Å². The first-order valence-corrected chi connectivity index (χ1v) is 6.95. The maximum Gasteiger partial charge on any atom is 0.168 e. The molecule has 104 valence electrons. The van der Waals surface area contributed by atoms with Crippen molar-refractivity contribution < 1.29 is 9.13 Å². The highest BCUT2D eigenvalue weighted by Gasteiger charge is 2.12. The monoisotopic (exact) mass is 271 g/mol. The number of benzene rings is 2. The number of hydrogen-bond donors (Lipinski definition) is 1. The second kappa shape index (κ2) is 5.53. The lowest BCUT2D eigenvalue weighted by atomic mass is 9.98. The van der Waals surface area contributed by atoms with Crippen LogP contribution in [0.2, 0.25) is 0 Å². The fourth-order valence-corrected chi connectivity index (χ4v) is 2.69. The van der Waals surface area contributed by atoms with E-state index in [1.54, 1.807) is 6.07 Å². The maximum absolute atomic E-state index is 14.2. The molecule has 1 aliphatic rings. The summed E-state index contributed by atoms with van der Waals surface area (Å²) in [5.74, 6) is 0.0410. The van der Waals surface area contributed by atoms with Gasteiger partial charge in [0.25, 0.3) is 0 Å². The van der Waals surface area contributed by atoms with Gasteiger partial charge in [0.2, 0.25) is 0 Å². The first kappa shape index (κ1) is 13.0. The molecule has 2 aromatic rings. The van der Waals surface area contributed by atoms with Crippen LogP contribution in [0, 0.1) is 5.82 Å². The largest absolute Gasteiger partial charge is 0.494 e. The Morgan fingerprint density at radius 2 is 2.15 bits per heavy atom. The molecule has 0 aliphatic carbocycles. The Balaban J connectivity index is 1.88. The molecule has 1 N–H and O–H groups in total. The molecule has 0 atom stereocenters. The average molecular weight is 271 g/mol. The van der Waals surface area contributed by atoms with Crippen molar-refractivity contribution in [3.05, 3.63) is 58.9 Å². The molecule has 1 aliphatic heterocycles. The van der Waals surface area contributed by atoms with Gasteiger partial charge in [-0.3, -0.25) is 0 Å². The zero-order valence-corrected chi connectivity index (χ0v) is 11.6. The molecule has 0 bridgehead atoms. The summed E-state index contributed by atoms with van der Waals surface area (Å²) in [6, 6.07) is 11.7. The van der Waals surface area contributed by atoms with Crippen molar-refractivity contribution in [1.82, 2.24) is 0 Å². The zero-order chi connectivity index (χ0) is 13.9. The minimum Gasteiger partial charge on any atom is -0.494 e. The Kier molecular flexibility index (Phi) is 3.59. The molecule has 0 aromatic heterocycles. The van der Waals surface area contributed by atoms with Crippen LogP contribution in [-0.2, 0) is 12.8 Å². The molecular weight excluding hydrogens is 253 g/mol. The number of ether oxygens (including phenoxy) is 1. The predicted octanol–water partition coefficient (Wildman–Crippen LogP) is 3.78. The number of hydrogen-bond acceptors (Lipinski definition) is 2. The molecule has 0 unspecified atom stereocenters. The number of anilines is 1. The SMILES string of the molecule is COc1cccc(Cc2ccc3c(c2)NCCC3)c1F. The van der Waals surface area contributed by atoms with Crippen molar-refractivity contribution in [2.45, 2.75) is 19.3 Å². The molecule has 0 saturated heterocycles. The van der Waals surface area contributed by atoms with E-state index >= 15 is 0 Å². The van der Waals surface area contributed by atoms with Gasteiger partial charge in [0.15, 0.2) is 11.6 Å². The van der Waals surface area contributed by atoms with Crippen LogP contribution in [0.25, 0.3) is 0 Å². The molecule has 0 amide bonds. The van der Waals surface area contributed by atoms with Crippen LogP contribution in [0.4, 0.5) is 10.1 Å². The number of halogens is 1. The molecule has 2 nitrogen and oxygen atoms in total. The van der Waals surface area contributed by atoms with E-state index in [0.29, 0.717) is 17.7 Å². The highest BCUT2D eigenvalue weighted by atomic mass is 19.1.